The number of allylic oxidation sites excluding steroid dienone is 2. The van der Waals surface area contributed by atoms with Crippen LogP contribution in [0.25, 0.3) is 10.9 Å². The van der Waals surface area contributed by atoms with Gasteiger partial charge in [-0.05, 0) is 61.4 Å². The number of aromatic nitrogens is 1. The molecule has 3 aliphatic rings. The van der Waals surface area contributed by atoms with Crippen LogP contribution in [0.4, 0.5) is 10.1 Å². The minimum atomic E-state index is -0.182. The monoisotopic (exact) mass is 475 g/mol. The van der Waals surface area contributed by atoms with Crippen molar-refractivity contribution in [1.29, 1.82) is 0 Å². The quantitative estimate of drug-likeness (QED) is 0.522. The zero-order valence-corrected chi connectivity index (χ0v) is 19.7. The van der Waals surface area contributed by atoms with Crippen LogP contribution in [0.3, 0.4) is 0 Å². The van der Waals surface area contributed by atoms with Gasteiger partial charge < -0.3 is 24.1 Å². The second kappa shape index (κ2) is 9.66. The van der Waals surface area contributed by atoms with E-state index in [2.05, 4.69) is 26.9 Å². The Morgan fingerprint density at radius 2 is 1.94 bits per heavy atom. The zero-order valence-electron chi connectivity index (χ0n) is 19.7. The predicted molar refractivity (Wildman–Crippen MR) is 134 cm³/mol. The van der Waals surface area contributed by atoms with Crippen molar-refractivity contribution in [2.24, 2.45) is 0 Å². The molecule has 0 amide bonds. The summed E-state index contributed by atoms with van der Waals surface area (Å²) in [6.45, 7) is 5.62. The molecule has 0 radical (unpaired) electrons. The molecule has 2 fully saturated rings. The number of hydrogen-bond donors (Lipinski definition) is 1. The third kappa shape index (κ3) is 4.73. The van der Waals surface area contributed by atoms with E-state index >= 15 is 0 Å². The van der Waals surface area contributed by atoms with Crippen LogP contribution in [0.5, 0.6) is 5.75 Å². The minimum absolute atomic E-state index is 0.0333. The molecule has 3 aliphatic heterocycles. The molecular formula is C28H30FN3O3. The molecule has 2 aromatic carbocycles. The molecule has 0 aliphatic carbocycles. The summed E-state index contributed by atoms with van der Waals surface area (Å²) in [6, 6.07) is 13.1. The van der Waals surface area contributed by atoms with Crippen LogP contribution in [0.15, 0.2) is 72.5 Å². The topological polar surface area (TPSA) is 50.0 Å². The molecule has 2 saturated heterocycles. The highest BCUT2D eigenvalue weighted by atomic mass is 19.1. The molecule has 35 heavy (non-hydrogen) atoms. The van der Waals surface area contributed by atoms with Crippen molar-refractivity contribution >= 4 is 16.6 Å². The van der Waals surface area contributed by atoms with Gasteiger partial charge in [0.05, 0.1) is 12.3 Å². The summed E-state index contributed by atoms with van der Waals surface area (Å²) in [6.07, 6.45) is 8.62. The van der Waals surface area contributed by atoms with Crippen molar-refractivity contribution < 1.29 is 18.6 Å². The van der Waals surface area contributed by atoms with Gasteiger partial charge in [0, 0.05) is 55.8 Å². The molecule has 0 saturated carbocycles. The normalized spacial score (nSPS) is 20.1. The van der Waals surface area contributed by atoms with Crippen molar-refractivity contribution in [3.63, 3.8) is 0 Å². The van der Waals surface area contributed by atoms with E-state index in [1.807, 2.05) is 36.5 Å². The first-order valence-electron chi connectivity index (χ1n) is 12.4. The van der Waals surface area contributed by atoms with Crippen LogP contribution >= 0.6 is 0 Å². The molecule has 1 N–H and O–H groups in total. The van der Waals surface area contributed by atoms with Gasteiger partial charge in [0.25, 0.3) is 5.95 Å². The van der Waals surface area contributed by atoms with Crippen molar-refractivity contribution in [3.8, 4) is 5.75 Å². The number of nitrogens with zero attached hydrogens (tertiary/aromatic N) is 2. The Morgan fingerprint density at radius 3 is 2.86 bits per heavy atom. The lowest BCUT2D eigenvalue weighted by atomic mass is 10.1. The van der Waals surface area contributed by atoms with E-state index in [9.17, 15) is 4.39 Å². The van der Waals surface area contributed by atoms with Gasteiger partial charge >= 0.3 is 0 Å². The molecule has 182 valence electrons. The maximum atomic E-state index is 13.6. The number of anilines is 1. The second-order valence-corrected chi connectivity index (χ2v) is 9.30. The van der Waals surface area contributed by atoms with Gasteiger partial charge in [-0.25, -0.2) is 4.39 Å². The average Bonchev–Trinajstić information content (AvgIpc) is 3.51. The van der Waals surface area contributed by atoms with Crippen LogP contribution in [-0.4, -0.2) is 55.3 Å². The molecule has 6 rings (SSSR count). The highest BCUT2D eigenvalue weighted by Crippen LogP contribution is 2.33. The first kappa shape index (κ1) is 22.0. The van der Waals surface area contributed by atoms with Gasteiger partial charge in [-0.3, -0.25) is 4.90 Å². The first-order valence-corrected chi connectivity index (χ1v) is 12.4. The molecule has 0 bridgehead atoms. The summed E-state index contributed by atoms with van der Waals surface area (Å²) in [5.74, 6) is 2.04. The number of piperazine rings is 1. The standard InChI is InChI=1S/C28H30FN3O3/c29-21-7-8-23-22(18-21)20(19-30-23)4-3-12-31-13-15-32(16-14-31)24-5-1-2-6-25(24)34-28-10-9-26-27(35-28)11-17-33-26/h1-2,5-10,18-19,27,30H,3-4,11-17H2. The Labute approximate surface area is 204 Å². The van der Waals surface area contributed by atoms with Crippen LogP contribution in [0.2, 0.25) is 0 Å². The van der Waals surface area contributed by atoms with E-state index in [4.69, 9.17) is 14.2 Å². The third-order valence-electron chi connectivity index (χ3n) is 7.05. The van der Waals surface area contributed by atoms with E-state index in [-0.39, 0.29) is 11.9 Å². The van der Waals surface area contributed by atoms with Crippen molar-refractivity contribution in [1.82, 2.24) is 9.88 Å². The van der Waals surface area contributed by atoms with Gasteiger partial charge in [-0.15, -0.1) is 0 Å². The van der Waals surface area contributed by atoms with Crippen LogP contribution in [-0.2, 0) is 15.9 Å². The van der Waals surface area contributed by atoms with Gasteiger partial charge in [-0.1, -0.05) is 12.1 Å². The van der Waals surface area contributed by atoms with Crippen LogP contribution in [0.1, 0.15) is 18.4 Å². The molecule has 0 spiro atoms. The van der Waals surface area contributed by atoms with Crippen LogP contribution < -0.4 is 9.64 Å². The summed E-state index contributed by atoms with van der Waals surface area (Å²) in [5, 5.41) is 0.996. The number of aryl methyl sites for hydroxylation is 1. The average molecular weight is 476 g/mol. The Kier molecular flexibility index (Phi) is 6.08. The van der Waals surface area contributed by atoms with Crippen molar-refractivity contribution in [2.45, 2.75) is 25.4 Å². The lowest BCUT2D eigenvalue weighted by Crippen LogP contribution is -2.46. The number of halogens is 1. The van der Waals surface area contributed by atoms with E-state index in [0.717, 1.165) is 80.1 Å². The number of rotatable bonds is 7. The Hall–Kier alpha value is -3.45. The zero-order chi connectivity index (χ0) is 23.6. The van der Waals surface area contributed by atoms with Gasteiger partial charge in [0.15, 0.2) is 11.9 Å². The molecular weight excluding hydrogens is 445 g/mol. The predicted octanol–water partition coefficient (Wildman–Crippen LogP) is 4.99. The Morgan fingerprint density at radius 1 is 1.06 bits per heavy atom. The summed E-state index contributed by atoms with van der Waals surface area (Å²) in [4.78, 5) is 8.15. The molecule has 1 aromatic heterocycles. The number of ether oxygens (including phenoxy) is 3. The number of para-hydroxylation sites is 2. The molecule has 1 atom stereocenters. The summed E-state index contributed by atoms with van der Waals surface area (Å²) in [7, 11) is 0. The van der Waals surface area contributed by atoms with E-state index in [0.29, 0.717) is 12.6 Å². The lowest BCUT2D eigenvalue weighted by Gasteiger charge is -2.36. The second-order valence-electron chi connectivity index (χ2n) is 9.30. The van der Waals surface area contributed by atoms with E-state index < -0.39 is 0 Å². The number of fused-ring (bicyclic) bond motifs is 2. The van der Waals surface area contributed by atoms with Gasteiger partial charge in [0.2, 0.25) is 0 Å². The highest BCUT2D eigenvalue weighted by molar-refractivity contribution is 5.83. The Bertz CT molecular complexity index is 1260. The van der Waals surface area contributed by atoms with Crippen LogP contribution in [0, 0.1) is 5.82 Å². The maximum absolute atomic E-state index is 13.6. The molecule has 3 aromatic rings. The number of hydrogen-bond acceptors (Lipinski definition) is 5. The fraction of sp³-hybridized carbons (Fsp3) is 0.357. The smallest absolute Gasteiger partial charge is 0.285 e. The fourth-order valence-electron chi connectivity index (χ4n) is 5.16. The largest absolute Gasteiger partial charge is 0.494 e. The van der Waals surface area contributed by atoms with Crippen molar-refractivity contribution in [3.05, 3.63) is 83.9 Å². The molecule has 6 nitrogen and oxygen atoms in total. The minimum Gasteiger partial charge on any atom is -0.494 e. The van der Waals surface area contributed by atoms with Gasteiger partial charge in [-0.2, -0.15) is 0 Å². The summed E-state index contributed by atoms with van der Waals surface area (Å²) >= 11 is 0. The van der Waals surface area contributed by atoms with E-state index in [1.165, 1.54) is 11.6 Å². The number of nitrogens with one attached hydrogen (secondary N) is 1. The third-order valence-corrected chi connectivity index (χ3v) is 7.05. The fourth-order valence-corrected chi connectivity index (χ4v) is 5.16. The number of benzene rings is 2. The summed E-state index contributed by atoms with van der Waals surface area (Å²) < 4.78 is 31.4. The molecule has 1 unspecified atom stereocenters. The molecule has 4 heterocycles. The lowest BCUT2D eigenvalue weighted by molar-refractivity contribution is 0.0551. The Balaban J connectivity index is 1.03. The maximum Gasteiger partial charge on any atom is 0.285 e. The van der Waals surface area contributed by atoms with E-state index in [1.54, 1.807) is 6.07 Å². The van der Waals surface area contributed by atoms with Gasteiger partial charge in [0.1, 0.15) is 11.6 Å². The summed E-state index contributed by atoms with van der Waals surface area (Å²) in [5.41, 5.74) is 3.28. The first-order chi connectivity index (χ1) is 17.2. The molecule has 7 heteroatoms. The number of aromatic amines is 1. The SMILES string of the molecule is Fc1ccc2[nH]cc(CCCN3CCN(c4ccccc4OC4=CC=C5OCCC5O4)CC3)c2c1. The van der Waals surface area contributed by atoms with Crippen molar-refractivity contribution in [2.75, 3.05) is 44.2 Å². The highest BCUT2D eigenvalue weighted by Gasteiger charge is 2.29. The number of H-pyrrole nitrogens is 1.